The molecule has 0 bridgehead atoms. The van der Waals surface area contributed by atoms with E-state index in [-0.39, 0.29) is 11.3 Å². The second kappa shape index (κ2) is 4.45. The Labute approximate surface area is 102 Å². The van der Waals surface area contributed by atoms with Gasteiger partial charge in [-0.15, -0.1) is 0 Å². The van der Waals surface area contributed by atoms with Crippen molar-refractivity contribution in [3.63, 3.8) is 0 Å². The Balaban J connectivity index is 2.77. The summed E-state index contributed by atoms with van der Waals surface area (Å²) >= 11 is 0. The smallest absolute Gasteiger partial charge is 0.308 e. The van der Waals surface area contributed by atoms with Crippen LogP contribution in [-0.2, 0) is 12.6 Å². The number of nitrogens with one attached hydrogen (secondary N) is 1. The van der Waals surface area contributed by atoms with Crippen molar-refractivity contribution < 1.29 is 13.2 Å². The molecule has 2 aromatic rings. The molecule has 2 rings (SSSR count). The minimum atomic E-state index is -4.42. The summed E-state index contributed by atoms with van der Waals surface area (Å²) in [6, 6.07) is 5.67. The lowest BCUT2D eigenvalue weighted by atomic mass is 10.1. The van der Waals surface area contributed by atoms with E-state index >= 15 is 0 Å². The Morgan fingerprint density at radius 2 is 2.06 bits per heavy atom. The van der Waals surface area contributed by atoms with Crippen LogP contribution in [0.25, 0.3) is 10.9 Å². The molecule has 0 aliphatic carbocycles. The van der Waals surface area contributed by atoms with Crippen LogP contribution >= 0.6 is 0 Å². The van der Waals surface area contributed by atoms with E-state index in [4.69, 9.17) is 5.84 Å². The lowest BCUT2D eigenvalue weighted by molar-refractivity contribution is -0.136. The number of aryl methyl sites for hydroxylation is 1. The molecule has 0 spiro atoms. The number of nitrogens with two attached hydrogens (primary N) is 1. The van der Waals surface area contributed by atoms with Gasteiger partial charge in [0.2, 0.25) is 0 Å². The van der Waals surface area contributed by atoms with Crippen molar-refractivity contribution in [2.75, 3.05) is 5.43 Å². The molecule has 0 amide bonds. The van der Waals surface area contributed by atoms with Crippen LogP contribution in [0.4, 0.5) is 19.0 Å². The molecule has 6 heteroatoms. The molecule has 18 heavy (non-hydrogen) atoms. The van der Waals surface area contributed by atoms with Crippen LogP contribution in [0.3, 0.4) is 0 Å². The topological polar surface area (TPSA) is 50.9 Å². The van der Waals surface area contributed by atoms with Crippen molar-refractivity contribution in [2.45, 2.75) is 19.5 Å². The summed E-state index contributed by atoms with van der Waals surface area (Å²) in [5.41, 5.74) is 2.28. The van der Waals surface area contributed by atoms with Gasteiger partial charge in [-0.2, -0.15) is 13.2 Å². The predicted octanol–water partition coefficient (Wildman–Crippen LogP) is 3.10. The number of rotatable bonds is 2. The van der Waals surface area contributed by atoms with E-state index in [2.05, 4.69) is 10.4 Å². The van der Waals surface area contributed by atoms with Crippen molar-refractivity contribution in [3.05, 3.63) is 35.4 Å². The summed E-state index contributed by atoms with van der Waals surface area (Å²) < 4.78 is 38.5. The number of aromatic nitrogens is 1. The van der Waals surface area contributed by atoms with E-state index < -0.39 is 11.7 Å². The third-order valence-electron chi connectivity index (χ3n) is 2.75. The van der Waals surface area contributed by atoms with Gasteiger partial charge in [0.05, 0.1) is 11.1 Å². The van der Waals surface area contributed by atoms with Crippen molar-refractivity contribution in [1.82, 2.24) is 4.98 Å². The third-order valence-corrected chi connectivity index (χ3v) is 2.75. The summed E-state index contributed by atoms with van der Waals surface area (Å²) in [5, 5.41) is 0.459. The number of pyridine rings is 1. The summed E-state index contributed by atoms with van der Waals surface area (Å²) in [4.78, 5) is 3.97. The summed E-state index contributed by atoms with van der Waals surface area (Å²) in [5.74, 6) is 5.56. The highest BCUT2D eigenvalue weighted by Crippen LogP contribution is 2.35. The van der Waals surface area contributed by atoms with Crippen LogP contribution < -0.4 is 11.3 Å². The number of hydrogen-bond acceptors (Lipinski definition) is 3. The molecule has 0 fully saturated rings. The molecule has 0 aliphatic heterocycles. The van der Waals surface area contributed by atoms with Crippen LogP contribution in [-0.4, -0.2) is 4.98 Å². The summed E-state index contributed by atoms with van der Waals surface area (Å²) in [6.45, 7) is 1.89. The van der Waals surface area contributed by atoms with Gasteiger partial charge in [0.1, 0.15) is 5.82 Å². The molecule has 0 atom stereocenters. The van der Waals surface area contributed by atoms with Gasteiger partial charge in [-0.05, 0) is 24.1 Å². The summed E-state index contributed by atoms with van der Waals surface area (Å²) in [7, 11) is 0. The number of para-hydroxylation sites is 1. The van der Waals surface area contributed by atoms with Gasteiger partial charge in [0.25, 0.3) is 0 Å². The van der Waals surface area contributed by atoms with Crippen molar-refractivity contribution in [1.29, 1.82) is 0 Å². The van der Waals surface area contributed by atoms with E-state index in [1.54, 1.807) is 12.1 Å². The first-order valence-electron chi connectivity index (χ1n) is 5.43. The van der Waals surface area contributed by atoms with Crippen LogP contribution in [0.5, 0.6) is 0 Å². The molecule has 1 aromatic carbocycles. The highest BCUT2D eigenvalue weighted by Gasteiger charge is 2.33. The minimum absolute atomic E-state index is 0.0878. The van der Waals surface area contributed by atoms with Gasteiger partial charge in [-0.3, -0.25) is 0 Å². The van der Waals surface area contributed by atoms with Gasteiger partial charge in [0, 0.05) is 5.39 Å². The molecule has 0 saturated carbocycles. The zero-order chi connectivity index (χ0) is 13.3. The first kappa shape index (κ1) is 12.6. The number of nitrogens with zero attached hydrogens (tertiary/aromatic N) is 1. The van der Waals surface area contributed by atoms with E-state index in [0.717, 1.165) is 11.6 Å². The monoisotopic (exact) mass is 255 g/mol. The van der Waals surface area contributed by atoms with Crippen molar-refractivity contribution >= 4 is 16.7 Å². The fourth-order valence-electron chi connectivity index (χ4n) is 1.87. The van der Waals surface area contributed by atoms with Gasteiger partial charge >= 0.3 is 6.18 Å². The fraction of sp³-hybridized carbons (Fsp3) is 0.250. The number of alkyl halides is 3. The number of fused-ring (bicyclic) bond motifs is 1. The zero-order valence-corrected chi connectivity index (χ0v) is 9.67. The molecule has 0 unspecified atom stereocenters. The first-order chi connectivity index (χ1) is 8.47. The Hall–Kier alpha value is -1.82. The number of nitrogen functional groups attached to an aromatic ring is 1. The highest BCUT2D eigenvalue weighted by molar-refractivity contribution is 5.85. The number of anilines is 1. The highest BCUT2D eigenvalue weighted by atomic mass is 19.4. The average molecular weight is 255 g/mol. The second-order valence-electron chi connectivity index (χ2n) is 3.87. The van der Waals surface area contributed by atoms with Crippen LogP contribution in [0, 0.1) is 0 Å². The third kappa shape index (κ3) is 2.11. The van der Waals surface area contributed by atoms with Gasteiger partial charge in [-0.1, -0.05) is 19.1 Å². The quantitative estimate of drug-likeness (QED) is 0.640. The molecular weight excluding hydrogens is 243 g/mol. The van der Waals surface area contributed by atoms with E-state index in [1.807, 2.05) is 6.92 Å². The SMILES string of the molecule is CCc1cc2cccc(C(F)(F)F)c2nc1NN. The Morgan fingerprint density at radius 1 is 1.33 bits per heavy atom. The number of halogens is 3. The zero-order valence-electron chi connectivity index (χ0n) is 9.67. The standard InChI is InChI=1S/C12H12F3N3/c1-2-7-6-8-4-3-5-9(12(13,14)15)10(8)17-11(7)18-16/h3-6H,2,16H2,1H3,(H,17,18). The lowest BCUT2D eigenvalue weighted by Gasteiger charge is -2.13. The maximum atomic E-state index is 12.8. The number of hydrogen-bond donors (Lipinski definition) is 2. The fourth-order valence-corrected chi connectivity index (χ4v) is 1.87. The first-order valence-corrected chi connectivity index (χ1v) is 5.43. The Kier molecular flexibility index (Phi) is 3.13. The normalized spacial score (nSPS) is 11.8. The van der Waals surface area contributed by atoms with Gasteiger partial charge < -0.3 is 5.43 Å². The largest absolute Gasteiger partial charge is 0.418 e. The van der Waals surface area contributed by atoms with Gasteiger partial charge in [0.15, 0.2) is 0 Å². The van der Waals surface area contributed by atoms with Crippen molar-refractivity contribution in [3.8, 4) is 0 Å². The lowest BCUT2D eigenvalue weighted by Crippen LogP contribution is -2.13. The molecule has 0 saturated heterocycles. The predicted molar refractivity (Wildman–Crippen MR) is 63.9 cm³/mol. The molecule has 96 valence electrons. The molecule has 0 radical (unpaired) electrons. The summed E-state index contributed by atoms with van der Waals surface area (Å²) in [6.07, 6.45) is -3.79. The number of hydrazine groups is 1. The molecule has 1 aromatic heterocycles. The maximum absolute atomic E-state index is 12.8. The molecule has 3 nitrogen and oxygen atoms in total. The van der Waals surface area contributed by atoms with Crippen molar-refractivity contribution in [2.24, 2.45) is 5.84 Å². The molecule has 3 N–H and O–H groups in total. The van der Waals surface area contributed by atoms with E-state index in [1.165, 1.54) is 6.07 Å². The Bertz CT molecular complexity index is 579. The van der Waals surface area contributed by atoms with E-state index in [0.29, 0.717) is 11.8 Å². The molecule has 0 aliphatic rings. The van der Waals surface area contributed by atoms with Crippen LogP contribution in [0.15, 0.2) is 24.3 Å². The molecular formula is C12H12F3N3. The van der Waals surface area contributed by atoms with Crippen LogP contribution in [0.1, 0.15) is 18.1 Å². The number of benzene rings is 1. The Morgan fingerprint density at radius 3 is 2.61 bits per heavy atom. The average Bonchev–Trinajstić information content (AvgIpc) is 2.35. The second-order valence-corrected chi connectivity index (χ2v) is 3.87. The van der Waals surface area contributed by atoms with E-state index in [9.17, 15) is 13.2 Å². The van der Waals surface area contributed by atoms with Crippen LogP contribution in [0.2, 0.25) is 0 Å². The molecule has 1 heterocycles. The maximum Gasteiger partial charge on any atom is 0.418 e. The minimum Gasteiger partial charge on any atom is -0.308 e. The van der Waals surface area contributed by atoms with Gasteiger partial charge in [-0.25, -0.2) is 10.8 Å².